The van der Waals surface area contributed by atoms with Gasteiger partial charge < -0.3 is 36.0 Å². The van der Waals surface area contributed by atoms with Crippen LogP contribution in [-0.2, 0) is 16.1 Å². The number of hydrogen-bond acceptors (Lipinski definition) is 9. The van der Waals surface area contributed by atoms with Gasteiger partial charge in [0.25, 0.3) is 11.1 Å². The molecule has 0 saturated carbocycles. The summed E-state index contributed by atoms with van der Waals surface area (Å²) >= 11 is 4.84. The van der Waals surface area contributed by atoms with Crippen LogP contribution >= 0.6 is 12.2 Å². The highest BCUT2D eigenvalue weighted by Crippen LogP contribution is 2.22. The number of ether oxygens (including phenoxy) is 1. The molecule has 0 spiro atoms. The molecular formula is C17H22F2N6O5S. The quantitative estimate of drug-likeness (QED) is 0.188. The van der Waals surface area contributed by atoms with Gasteiger partial charge in [-0.1, -0.05) is 5.21 Å². The Morgan fingerprint density at radius 3 is 2.55 bits per heavy atom. The molecule has 0 aliphatic rings. The van der Waals surface area contributed by atoms with Crippen LogP contribution in [0.2, 0.25) is 0 Å². The molecule has 0 saturated heterocycles. The zero-order valence-electron chi connectivity index (χ0n) is 16.4. The third kappa shape index (κ3) is 6.78. The molecule has 170 valence electrons. The minimum absolute atomic E-state index is 0.0700. The average molecular weight is 460 g/mol. The molecular weight excluding hydrogens is 438 g/mol. The number of nitrogens with one attached hydrogen (secondary N) is 3. The minimum Gasteiger partial charge on any atom is -0.474 e. The summed E-state index contributed by atoms with van der Waals surface area (Å²) in [7, 11) is 1.41. The highest BCUT2D eigenvalue weighted by Gasteiger charge is 2.23. The molecule has 2 aromatic rings. The molecule has 2 rings (SSSR count). The lowest BCUT2D eigenvalue weighted by Gasteiger charge is -2.16. The number of aliphatic hydroxyl groups is 3. The summed E-state index contributed by atoms with van der Waals surface area (Å²) in [5, 5.41) is 42.7. The normalized spacial score (nSPS) is 12.7. The number of halogens is 2. The van der Waals surface area contributed by atoms with Gasteiger partial charge >= 0.3 is 0 Å². The van der Waals surface area contributed by atoms with Gasteiger partial charge in [-0.3, -0.25) is 4.79 Å². The first-order valence-corrected chi connectivity index (χ1v) is 9.38. The molecule has 0 fully saturated rings. The number of thiocarbonyl (C=S) groups is 1. The van der Waals surface area contributed by atoms with Crippen molar-refractivity contribution >= 4 is 29.0 Å². The maximum Gasteiger partial charge on any atom is 0.256 e. The Hall–Kier alpha value is -2.94. The number of carbonyl (C=O) groups is 1. The van der Waals surface area contributed by atoms with Crippen molar-refractivity contribution in [3.05, 3.63) is 35.7 Å². The summed E-state index contributed by atoms with van der Waals surface area (Å²) in [6.45, 7) is -0.746. The van der Waals surface area contributed by atoms with E-state index < -0.39 is 42.0 Å². The maximum absolute atomic E-state index is 14.4. The molecule has 0 unspecified atom stereocenters. The number of benzene rings is 1. The Balaban J connectivity index is 1.94. The lowest BCUT2D eigenvalue weighted by molar-refractivity contribution is -0.136. The Bertz CT molecular complexity index is 892. The topological polar surface area (TPSA) is 154 Å². The lowest BCUT2D eigenvalue weighted by atomic mass is 10.2. The fourth-order valence-corrected chi connectivity index (χ4v) is 2.43. The van der Waals surface area contributed by atoms with Crippen molar-refractivity contribution in [1.82, 2.24) is 25.6 Å². The van der Waals surface area contributed by atoms with Gasteiger partial charge in [-0.05, 0) is 12.2 Å². The average Bonchev–Trinajstić information content (AvgIpc) is 3.24. The predicted octanol–water partition coefficient (Wildman–Crippen LogP) is -1.19. The number of nitrogens with zero attached hydrogens (tertiary/aromatic N) is 3. The van der Waals surface area contributed by atoms with Crippen LogP contribution in [0.3, 0.4) is 0 Å². The fourth-order valence-electron chi connectivity index (χ4n) is 2.35. The number of hydrogen-bond donors (Lipinski definition) is 6. The molecule has 2 atom stereocenters. The van der Waals surface area contributed by atoms with E-state index in [1.54, 1.807) is 0 Å². The first-order valence-electron chi connectivity index (χ1n) is 8.97. The summed E-state index contributed by atoms with van der Waals surface area (Å²) < 4.78 is 34.7. The van der Waals surface area contributed by atoms with E-state index >= 15 is 0 Å². The summed E-state index contributed by atoms with van der Waals surface area (Å²) in [6, 6.07) is 2.11. The highest BCUT2D eigenvalue weighted by atomic mass is 32.1. The van der Waals surface area contributed by atoms with Crippen molar-refractivity contribution in [1.29, 1.82) is 0 Å². The van der Waals surface area contributed by atoms with Crippen molar-refractivity contribution in [2.45, 2.75) is 18.8 Å². The second-order valence-electron chi connectivity index (χ2n) is 6.20. The molecule has 14 heteroatoms. The molecule has 0 aliphatic carbocycles. The zero-order chi connectivity index (χ0) is 23.0. The number of anilines is 1. The Morgan fingerprint density at radius 2 is 1.94 bits per heavy atom. The molecule has 0 radical (unpaired) electrons. The number of amides is 1. The Kier molecular flexibility index (Phi) is 8.99. The van der Waals surface area contributed by atoms with Crippen LogP contribution in [0.15, 0.2) is 18.3 Å². The van der Waals surface area contributed by atoms with Gasteiger partial charge in [0.05, 0.1) is 32.1 Å². The summed E-state index contributed by atoms with van der Waals surface area (Å²) in [4.78, 5) is 11.6. The summed E-state index contributed by atoms with van der Waals surface area (Å²) in [5.74, 6) is -2.72. The van der Waals surface area contributed by atoms with E-state index in [9.17, 15) is 23.8 Å². The van der Waals surface area contributed by atoms with E-state index in [1.165, 1.54) is 18.0 Å². The minimum atomic E-state index is -1.81. The second kappa shape index (κ2) is 11.5. The smallest absolute Gasteiger partial charge is 0.256 e. The largest absolute Gasteiger partial charge is 0.474 e. The number of methoxy groups -OCH3 is 1. The van der Waals surface area contributed by atoms with Crippen LogP contribution in [0.4, 0.5) is 14.5 Å². The number of carbonyl (C=O) groups excluding carboxylic acids is 1. The monoisotopic (exact) mass is 460 g/mol. The molecule has 31 heavy (non-hydrogen) atoms. The third-order valence-electron chi connectivity index (χ3n) is 3.98. The molecule has 0 bridgehead atoms. The van der Waals surface area contributed by atoms with Gasteiger partial charge in [-0.25, -0.2) is 13.5 Å². The first-order chi connectivity index (χ1) is 14.8. The van der Waals surface area contributed by atoms with E-state index in [1.807, 2.05) is 0 Å². The van der Waals surface area contributed by atoms with Gasteiger partial charge in [0.1, 0.15) is 17.5 Å². The zero-order valence-corrected chi connectivity index (χ0v) is 17.2. The van der Waals surface area contributed by atoms with Crippen LogP contribution in [0, 0.1) is 11.6 Å². The van der Waals surface area contributed by atoms with Crippen molar-refractivity contribution in [3.63, 3.8) is 0 Å². The van der Waals surface area contributed by atoms with Crippen LogP contribution in [0.1, 0.15) is 5.69 Å². The summed E-state index contributed by atoms with van der Waals surface area (Å²) in [6.07, 6.45) is -1.97. The van der Waals surface area contributed by atoms with Crippen molar-refractivity contribution in [3.8, 4) is 5.69 Å². The molecule has 6 N–H and O–H groups in total. The highest BCUT2D eigenvalue weighted by molar-refractivity contribution is 7.80. The number of rotatable bonds is 10. The van der Waals surface area contributed by atoms with Crippen LogP contribution in [-0.4, -0.2) is 80.4 Å². The fraction of sp³-hybridized carbons (Fsp3) is 0.412. The van der Waals surface area contributed by atoms with E-state index in [4.69, 9.17) is 22.1 Å². The van der Waals surface area contributed by atoms with Crippen molar-refractivity contribution in [2.24, 2.45) is 0 Å². The molecule has 1 amide bonds. The first kappa shape index (κ1) is 24.3. The van der Waals surface area contributed by atoms with Gasteiger partial charge in [-0.2, -0.15) is 0 Å². The van der Waals surface area contributed by atoms with Crippen molar-refractivity contribution < 1.29 is 33.6 Å². The summed E-state index contributed by atoms with van der Waals surface area (Å²) in [5.41, 5.74) is 0.149. The van der Waals surface area contributed by atoms with E-state index in [-0.39, 0.29) is 30.5 Å². The van der Waals surface area contributed by atoms with Gasteiger partial charge in [-0.15, -0.1) is 5.10 Å². The van der Waals surface area contributed by atoms with Crippen LogP contribution in [0.5, 0.6) is 0 Å². The standard InChI is InChI=1S/C17H22F2N6O5S/c1-30-17(31)22-6-9-7-25(24-23-9)10-4-11(18)14(12(19)5-10)20-2-3-21-16(29)15(28)13(27)8-26/h4-5,7,13,15,20,26-28H,2-3,6,8H2,1H3,(H,21,29)(H,22,31)/t13-,15+/m0/s1. The molecule has 0 aliphatic heterocycles. The molecule has 11 nitrogen and oxygen atoms in total. The van der Waals surface area contributed by atoms with Gasteiger partial charge in [0.2, 0.25) is 0 Å². The number of aromatic nitrogens is 3. The third-order valence-corrected chi connectivity index (χ3v) is 4.29. The van der Waals surface area contributed by atoms with Gasteiger partial charge in [0.15, 0.2) is 17.7 Å². The SMILES string of the molecule is COC(=S)NCc1cn(-c2cc(F)c(NCCNC(=O)[C@H](O)[C@@H](O)CO)c(F)c2)nn1. The van der Waals surface area contributed by atoms with Crippen LogP contribution in [0.25, 0.3) is 5.69 Å². The lowest BCUT2D eigenvalue weighted by Crippen LogP contribution is -2.44. The Morgan fingerprint density at radius 1 is 1.26 bits per heavy atom. The van der Waals surface area contributed by atoms with E-state index in [0.29, 0.717) is 5.69 Å². The van der Waals surface area contributed by atoms with Gasteiger partial charge in [0, 0.05) is 25.2 Å². The maximum atomic E-state index is 14.4. The molecule has 1 aromatic carbocycles. The second-order valence-corrected chi connectivity index (χ2v) is 6.57. The van der Waals surface area contributed by atoms with E-state index in [2.05, 4.69) is 26.3 Å². The molecule has 1 heterocycles. The molecule has 1 aromatic heterocycles. The van der Waals surface area contributed by atoms with E-state index in [0.717, 1.165) is 12.1 Å². The Labute approximate surface area is 181 Å². The van der Waals surface area contributed by atoms with Crippen LogP contribution < -0.4 is 16.0 Å². The predicted molar refractivity (Wildman–Crippen MR) is 108 cm³/mol. The van der Waals surface area contributed by atoms with Crippen molar-refractivity contribution in [2.75, 3.05) is 32.1 Å². The number of aliphatic hydroxyl groups excluding tert-OH is 3.